The molecule has 190 valence electrons. The predicted octanol–water partition coefficient (Wildman–Crippen LogP) is 2.35. The summed E-state index contributed by atoms with van der Waals surface area (Å²) in [4.78, 5) is 24.3. The van der Waals surface area contributed by atoms with Crippen LogP contribution in [0.1, 0.15) is 27.9 Å². The second-order valence-corrected chi connectivity index (χ2v) is 12.6. The van der Waals surface area contributed by atoms with Crippen LogP contribution in [0.15, 0.2) is 60.0 Å². The summed E-state index contributed by atoms with van der Waals surface area (Å²) in [6.45, 7) is 5.46. The zero-order valence-electron chi connectivity index (χ0n) is 19.8. The molecule has 2 aromatic rings. The lowest BCUT2D eigenvalue weighted by molar-refractivity contribution is -0.116. The highest BCUT2D eigenvalue weighted by Gasteiger charge is 2.45. The van der Waals surface area contributed by atoms with Gasteiger partial charge in [-0.2, -0.15) is 4.31 Å². The van der Waals surface area contributed by atoms with Crippen molar-refractivity contribution in [2.45, 2.75) is 34.8 Å². The fourth-order valence-corrected chi connectivity index (χ4v) is 8.32. The van der Waals surface area contributed by atoms with Crippen molar-refractivity contribution in [3.8, 4) is 5.75 Å². The normalized spacial score (nSPS) is 22.9. The number of benzene rings is 2. The number of thioether (sulfide) groups is 1. The van der Waals surface area contributed by atoms with Gasteiger partial charge < -0.3 is 15.4 Å². The smallest absolute Gasteiger partial charge is 0.251 e. The van der Waals surface area contributed by atoms with Gasteiger partial charge in [0.25, 0.3) is 5.91 Å². The molecule has 0 radical (unpaired) electrons. The van der Waals surface area contributed by atoms with Crippen LogP contribution in [-0.2, 0) is 27.7 Å². The summed E-state index contributed by atoms with van der Waals surface area (Å²) in [5, 5.41) is 5.93. The van der Waals surface area contributed by atoms with Crippen molar-refractivity contribution >= 4 is 33.6 Å². The summed E-state index contributed by atoms with van der Waals surface area (Å²) >= 11 is 1.61. The highest BCUT2D eigenvalue weighted by atomic mass is 32.2. The Morgan fingerprint density at radius 1 is 1.17 bits per heavy atom. The maximum atomic E-state index is 13.2. The third-order valence-electron chi connectivity index (χ3n) is 6.92. The van der Waals surface area contributed by atoms with Crippen LogP contribution in [0.5, 0.6) is 5.75 Å². The van der Waals surface area contributed by atoms with E-state index >= 15 is 0 Å². The van der Waals surface area contributed by atoms with Crippen molar-refractivity contribution in [2.24, 2.45) is 5.92 Å². The summed E-state index contributed by atoms with van der Waals surface area (Å²) in [7, 11) is -3.66. The third-order valence-corrected chi connectivity index (χ3v) is 10.3. The number of rotatable bonds is 8. The summed E-state index contributed by atoms with van der Waals surface area (Å²) < 4.78 is 33.6. The van der Waals surface area contributed by atoms with Crippen molar-refractivity contribution in [1.82, 2.24) is 14.9 Å². The van der Waals surface area contributed by atoms with Crippen LogP contribution in [0.2, 0.25) is 0 Å². The maximum absolute atomic E-state index is 13.2. The molecular formula is C26H29N3O5S2. The number of hydrogen-bond donors (Lipinski definition) is 2. The summed E-state index contributed by atoms with van der Waals surface area (Å²) in [6, 6.07) is 12.2. The van der Waals surface area contributed by atoms with Crippen LogP contribution < -0.4 is 15.4 Å². The van der Waals surface area contributed by atoms with Gasteiger partial charge in [0.1, 0.15) is 5.75 Å². The molecule has 0 bridgehead atoms. The minimum atomic E-state index is -3.66. The molecule has 5 rings (SSSR count). The number of nitrogens with one attached hydrogen (secondary N) is 2. The summed E-state index contributed by atoms with van der Waals surface area (Å²) in [6.07, 6.45) is 3.56. The molecule has 3 unspecified atom stereocenters. The van der Waals surface area contributed by atoms with Gasteiger partial charge in [0.15, 0.2) is 0 Å². The van der Waals surface area contributed by atoms with E-state index in [4.69, 9.17) is 4.74 Å². The van der Waals surface area contributed by atoms with Gasteiger partial charge in [-0.3, -0.25) is 9.59 Å². The van der Waals surface area contributed by atoms with Gasteiger partial charge in [-0.1, -0.05) is 24.8 Å². The number of nitrogens with zero attached hydrogens (tertiary/aromatic N) is 1. The average Bonchev–Trinajstić information content (AvgIpc) is 3.59. The predicted molar refractivity (Wildman–Crippen MR) is 138 cm³/mol. The monoisotopic (exact) mass is 527 g/mol. The van der Waals surface area contributed by atoms with Gasteiger partial charge in [-0.05, 0) is 60.2 Å². The van der Waals surface area contributed by atoms with E-state index in [1.165, 1.54) is 28.1 Å². The SMILES string of the molecule is C=CC(=O)NC1CC2CN(S(=O)(=O)c3ccc(C(=O)NCCc4cccc5c4OCC5)cc3)CC2S1. The van der Waals surface area contributed by atoms with E-state index in [1.807, 2.05) is 12.1 Å². The van der Waals surface area contributed by atoms with Gasteiger partial charge in [0.05, 0.1) is 16.9 Å². The van der Waals surface area contributed by atoms with E-state index < -0.39 is 10.0 Å². The number of carbonyl (C=O) groups excluding carboxylic acids is 2. The average molecular weight is 528 g/mol. The molecule has 3 heterocycles. The minimum Gasteiger partial charge on any atom is -0.493 e. The van der Waals surface area contributed by atoms with Gasteiger partial charge in [-0.25, -0.2) is 8.42 Å². The number of para-hydroxylation sites is 1. The van der Waals surface area contributed by atoms with E-state index in [9.17, 15) is 18.0 Å². The van der Waals surface area contributed by atoms with E-state index in [-0.39, 0.29) is 33.3 Å². The van der Waals surface area contributed by atoms with Crippen molar-refractivity contribution < 1.29 is 22.7 Å². The van der Waals surface area contributed by atoms with Crippen LogP contribution in [0.4, 0.5) is 0 Å². The number of fused-ring (bicyclic) bond motifs is 2. The second-order valence-electron chi connectivity index (χ2n) is 9.23. The molecule has 3 aliphatic heterocycles. The quantitative estimate of drug-likeness (QED) is 0.511. The van der Waals surface area contributed by atoms with Gasteiger partial charge in [0.2, 0.25) is 15.9 Å². The first-order valence-electron chi connectivity index (χ1n) is 12.1. The Bertz CT molecular complexity index is 1260. The molecule has 2 N–H and O–H groups in total. The van der Waals surface area contributed by atoms with Crippen molar-refractivity contribution in [1.29, 1.82) is 0 Å². The Morgan fingerprint density at radius 3 is 2.72 bits per heavy atom. The van der Waals surface area contributed by atoms with Crippen LogP contribution in [0.3, 0.4) is 0 Å². The topological polar surface area (TPSA) is 105 Å². The largest absolute Gasteiger partial charge is 0.493 e. The van der Waals surface area contributed by atoms with Crippen molar-refractivity contribution in [2.75, 3.05) is 26.2 Å². The fraction of sp³-hybridized carbons (Fsp3) is 0.385. The van der Waals surface area contributed by atoms with Gasteiger partial charge >= 0.3 is 0 Å². The lowest BCUT2D eigenvalue weighted by Crippen LogP contribution is -2.33. The van der Waals surface area contributed by atoms with E-state index in [0.717, 1.165) is 24.2 Å². The number of amides is 2. The second kappa shape index (κ2) is 10.3. The Balaban J connectivity index is 1.15. The molecule has 0 spiro atoms. The Labute approximate surface area is 215 Å². The first-order chi connectivity index (χ1) is 17.3. The molecule has 0 aliphatic carbocycles. The first-order valence-corrected chi connectivity index (χ1v) is 14.4. The maximum Gasteiger partial charge on any atom is 0.251 e. The van der Waals surface area contributed by atoms with Crippen LogP contribution in [0.25, 0.3) is 0 Å². The Kier molecular flexibility index (Phi) is 7.09. The fourth-order valence-electron chi connectivity index (χ4n) is 5.05. The molecule has 2 fully saturated rings. The van der Waals surface area contributed by atoms with Crippen LogP contribution >= 0.6 is 11.8 Å². The van der Waals surface area contributed by atoms with Gasteiger partial charge in [-0.15, -0.1) is 11.8 Å². The summed E-state index contributed by atoms with van der Waals surface area (Å²) in [5.41, 5.74) is 2.70. The van der Waals surface area contributed by atoms with Crippen molar-refractivity contribution in [3.05, 3.63) is 71.8 Å². The number of hydrogen-bond acceptors (Lipinski definition) is 6. The Morgan fingerprint density at radius 2 is 1.97 bits per heavy atom. The molecular weight excluding hydrogens is 498 g/mol. The molecule has 2 amide bonds. The summed E-state index contributed by atoms with van der Waals surface area (Å²) in [5.74, 6) is 0.676. The first kappa shape index (κ1) is 24.9. The van der Waals surface area contributed by atoms with E-state index in [2.05, 4.69) is 23.3 Å². The molecule has 0 aromatic heterocycles. The van der Waals surface area contributed by atoms with Crippen LogP contribution in [-0.4, -0.2) is 61.4 Å². The zero-order valence-corrected chi connectivity index (χ0v) is 21.4. The molecule has 36 heavy (non-hydrogen) atoms. The zero-order chi connectivity index (χ0) is 25.3. The highest BCUT2D eigenvalue weighted by Crippen LogP contribution is 2.43. The number of sulfonamides is 1. The molecule has 2 saturated heterocycles. The van der Waals surface area contributed by atoms with Gasteiger partial charge in [0, 0.05) is 36.9 Å². The molecule has 8 nitrogen and oxygen atoms in total. The van der Waals surface area contributed by atoms with Crippen molar-refractivity contribution in [3.63, 3.8) is 0 Å². The molecule has 10 heteroatoms. The van der Waals surface area contributed by atoms with Crippen LogP contribution in [0, 0.1) is 5.92 Å². The molecule has 0 saturated carbocycles. The third kappa shape index (κ3) is 5.02. The highest BCUT2D eigenvalue weighted by molar-refractivity contribution is 8.00. The molecule has 3 atom stereocenters. The minimum absolute atomic E-state index is 0.0107. The molecule has 2 aromatic carbocycles. The number of carbonyl (C=O) groups is 2. The molecule has 3 aliphatic rings. The lowest BCUT2D eigenvalue weighted by Gasteiger charge is -2.19. The lowest BCUT2D eigenvalue weighted by atomic mass is 10.1. The van der Waals surface area contributed by atoms with E-state index in [0.29, 0.717) is 38.2 Å². The van der Waals surface area contributed by atoms with E-state index in [1.54, 1.807) is 23.9 Å². The Hall–Kier alpha value is -2.82. The number of ether oxygens (including phenoxy) is 1. The standard InChI is InChI=1S/C26H29N3O5S2/c1-2-23(30)28-24-14-20-15-29(16-22(20)35-24)36(32,33)21-8-6-19(7-9-21)26(31)27-12-10-17-4-3-5-18-11-13-34-25(17)18/h2-9,20,22,24H,1,10-16H2,(H,27,31)(H,28,30).